The third kappa shape index (κ3) is 4.03. The Hall–Kier alpha value is -2.44. The number of nitrogens with one attached hydrogen (secondary N) is 2. The minimum atomic E-state index is -0.527. The SMILES string of the molecule is O=C(NCC1CCN(c2ccc(Cl)c(Cl)c2)CC1)c1ccc2[nH]c(=O)oc2c1. The molecule has 146 valence electrons. The molecule has 1 fully saturated rings. The second kappa shape index (κ2) is 7.89. The topological polar surface area (TPSA) is 78.3 Å². The van der Waals surface area contributed by atoms with E-state index >= 15 is 0 Å². The molecule has 0 atom stereocenters. The Morgan fingerprint density at radius 1 is 1.14 bits per heavy atom. The smallest absolute Gasteiger partial charge is 0.408 e. The summed E-state index contributed by atoms with van der Waals surface area (Å²) in [7, 11) is 0. The highest BCUT2D eigenvalue weighted by Gasteiger charge is 2.21. The molecule has 6 nitrogen and oxygen atoms in total. The van der Waals surface area contributed by atoms with E-state index in [1.165, 1.54) is 0 Å². The quantitative estimate of drug-likeness (QED) is 0.667. The number of carbonyl (C=O) groups is 1. The molecule has 1 aliphatic rings. The van der Waals surface area contributed by atoms with Crippen molar-refractivity contribution in [3.8, 4) is 0 Å². The van der Waals surface area contributed by atoms with Crippen molar-refractivity contribution in [1.82, 2.24) is 10.3 Å². The molecule has 8 heteroatoms. The van der Waals surface area contributed by atoms with Gasteiger partial charge in [-0.2, -0.15) is 0 Å². The minimum absolute atomic E-state index is 0.169. The van der Waals surface area contributed by atoms with Gasteiger partial charge < -0.3 is 14.6 Å². The number of halogens is 2. The molecule has 0 saturated carbocycles. The van der Waals surface area contributed by atoms with E-state index in [9.17, 15) is 9.59 Å². The maximum absolute atomic E-state index is 12.4. The Balaban J connectivity index is 1.31. The van der Waals surface area contributed by atoms with Crippen molar-refractivity contribution >= 4 is 45.9 Å². The first kappa shape index (κ1) is 18.9. The number of hydrogen-bond donors (Lipinski definition) is 2. The first-order valence-electron chi connectivity index (χ1n) is 9.10. The highest BCUT2D eigenvalue weighted by atomic mass is 35.5. The van der Waals surface area contributed by atoms with E-state index < -0.39 is 5.76 Å². The lowest BCUT2D eigenvalue weighted by Gasteiger charge is -2.33. The van der Waals surface area contributed by atoms with Crippen LogP contribution < -0.4 is 16.0 Å². The molecule has 0 spiro atoms. The van der Waals surface area contributed by atoms with Crippen LogP contribution in [0.15, 0.2) is 45.6 Å². The monoisotopic (exact) mass is 419 g/mol. The molecule has 0 bridgehead atoms. The van der Waals surface area contributed by atoms with Crippen LogP contribution in [0.2, 0.25) is 10.0 Å². The number of benzene rings is 2. The van der Waals surface area contributed by atoms with Crippen LogP contribution in [-0.2, 0) is 0 Å². The number of aromatic nitrogens is 1. The molecular formula is C20H19Cl2N3O3. The van der Waals surface area contributed by atoms with E-state index in [1.54, 1.807) is 18.2 Å². The summed E-state index contributed by atoms with van der Waals surface area (Å²) in [6, 6.07) is 10.6. The molecule has 1 aliphatic heterocycles. The van der Waals surface area contributed by atoms with Crippen LogP contribution in [0.3, 0.4) is 0 Å². The third-order valence-corrected chi connectivity index (χ3v) is 5.86. The number of H-pyrrole nitrogens is 1. The molecule has 1 aromatic heterocycles. The maximum atomic E-state index is 12.4. The van der Waals surface area contributed by atoms with E-state index in [0.29, 0.717) is 39.2 Å². The average Bonchev–Trinajstić information content (AvgIpc) is 3.08. The number of fused-ring (bicyclic) bond motifs is 1. The number of rotatable bonds is 4. The lowest BCUT2D eigenvalue weighted by atomic mass is 9.96. The van der Waals surface area contributed by atoms with Crippen molar-refractivity contribution in [2.75, 3.05) is 24.5 Å². The predicted octanol–water partition coefficient (Wildman–Crippen LogP) is 4.07. The van der Waals surface area contributed by atoms with E-state index in [0.717, 1.165) is 31.6 Å². The van der Waals surface area contributed by atoms with Gasteiger partial charge in [-0.15, -0.1) is 0 Å². The normalized spacial score (nSPS) is 15.1. The summed E-state index contributed by atoms with van der Waals surface area (Å²) in [4.78, 5) is 28.5. The first-order valence-corrected chi connectivity index (χ1v) is 9.86. The Morgan fingerprint density at radius 2 is 1.93 bits per heavy atom. The minimum Gasteiger partial charge on any atom is -0.408 e. The van der Waals surface area contributed by atoms with E-state index in [-0.39, 0.29) is 5.91 Å². The highest BCUT2D eigenvalue weighted by Crippen LogP contribution is 2.29. The molecule has 2 heterocycles. The van der Waals surface area contributed by atoms with Gasteiger partial charge in [-0.05, 0) is 55.2 Å². The van der Waals surface area contributed by atoms with Crippen LogP contribution in [0.25, 0.3) is 11.1 Å². The van der Waals surface area contributed by atoms with Gasteiger partial charge in [-0.25, -0.2) is 4.79 Å². The van der Waals surface area contributed by atoms with Gasteiger partial charge >= 0.3 is 5.76 Å². The number of anilines is 1. The summed E-state index contributed by atoms with van der Waals surface area (Å²) in [5, 5.41) is 4.10. The van der Waals surface area contributed by atoms with Gasteiger partial charge in [0, 0.05) is 30.9 Å². The summed E-state index contributed by atoms with van der Waals surface area (Å²) in [5.41, 5.74) is 2.51. The lowest BCUT2D eigenvalue weighted by Crippen LogP contribution is -2.38. The Kier molecular flexibility index (Phi) is 5.33. The molecule has 0 radical (unpaired) electrons. The fourth-order valence-corrected chi connectivity index (χ4v) is 3.80. The zero-order valence-corrected chi connectivity index (χ0v) is 16.5. The highest BCUT2D eigenvalue weighted by molar-refractivity contribution is 6.42. The van der Waals surface area contributed by atoms with Crippen LogP contribution >= 0.6 is 23.2 Å². The van der Waals surface area contributed by atoms with Crippen molar-refractivity contribution in [1.29, 1.82) is 0 Å². The van der Waals surface area contributed by atoms with Crippen LogP contribution in [0, 0.1) is 5.92 Å². The van der Waals surface area contributed by atoms with Gasteiger partial charge in [0.15, 0.2) is 5.58 Å². The van der Waals surface area contributed by atoms with Crippen molar-refractivity contribution in [3.05, 3.63) is 62.6 Å². The van der Waals surface area contributed by atoms with Gasteiger partial charge in [0.05, 0.1) is 15.6 Å². The number of nitrogens with zero attached hydrogens (tertiary/aromatic N) is 1. The number of piperidine rings is 1. The molecule has 0 unspecified atom stereocenters. The number of amides is 1. The lowest BCUT2D eigenvalue weighted by molar-refractivity contribution is 0.0945. The second-order valence-corrected chi connectivity index (χ2v) is 7.78. The number of aromatic amines is 1. The van der Waals surface area contributed by atoms with E-state index in [4.69, 9.17) is 27.6 Å². The van der Waals surface area contributed by atoms with Crippen LogP contribution in [0.1, 0.15) is 23.2 Å². The van der Waals surface area contributed by atoms with Crippen LogP contribution in [0.5, 0.6) is 0 Å². The number of carbonyl (C=O) groups excluding carboxylic acids is 1. The predicted molar refractivity (Wildman–Crippen MR) is 111 cm³/mol. The Labute approximate surface area is 171 Å². The average molecular weight is 420 g/mol. The molecular weight excluding hydrogens is 401 g/mol. The number of hydrogen-bond acceptors (Lipinski definition) is 4. The Morgan fingerprint density at radius 3 is 2.68 bits per heavy atom. The molecule has 2 N–H and O–H groups in total. The third-order valence-electron chi connectivity index (χ3n) is 5.12. The first-order chi connectivity index (χ1) is 13.5. The summed E-state index contributed by atoms with van der Waals surface area (Å²) >= 11 is 12.1. The van der Waals surface area contributed by atoms with Crippen LogP contribution in [0.4, 0.5) is 5.69 Å². The zero-order valence-electron chi connectivity index (χ0n) is 15.0. The van der Waals surface area contributed by atoms with Crippen LogP contribution in [-0.4, -0.2) is 30.5 Å². The molecule has 2 aromatic carbocycles. The van der Waals surface area contributed by atoms with Gasteiger partial charge in [-0.1, -0.05) is 23.2 Å². The van der Waals surface area contributed by atoms with Gasteiger partial charge in [0.25, 0.3) is 5.91 Å². The van der Waals surface area contributed by atoms with Gasteiger partial charge in [0.1, 0.15) is 0 Å². The molecule has 28 heavy (non-hydrogen) atoms. The molecule has 3 aromatic rings. The summed E-state index contributed by atoms with van der Waals surface area (Å²) in [5.74, 6) is -0.282. The summed E-state index contributed by atoms with van der Waals surface area (Å²) < 4.78 is 5.01. The molecule has 1 saturated heterocycles. The molecule has 1 amide bonds. The van der Waals surface area contributed by atoms with E-state index in [1.807, 2.05) is 18.2 Å². The molecule has 0 aliphatic carbocycles. The fourth-order valence-electron chi connectivity index (χ4n) is 3.50. The fraction of sp³-hybridized carbons (Fsp3) is 0.300. The van der Waals surface area contributed by atoms with Crippen molar-refractivity contribution < 1.29 is 9.21 Å². The zero-order chi connectivity index (χ0) is 19.7. The van der Waals surface area contributed by atoms with Crippen molar-refractivity contribution in [2.24, 2.45) is 5.92 Å². The van der Waals surface area contributed by atoms with Crippen molar-refractivity contribution in [2.45, 2.75) is 12.8 Å². The largest absolute Gasteiger partial charge is 0.417 e. The molecule has 4 rings (SSSR count). The van der Waals surface area contributed by atoms with Gasteiger partial charge in [-0.3, -0.25) is 9.78 Å². The number of oxazole rings is 1. The second-order valence-electron chi connectivity index (χ2n) is 6.96. The van der Waals surface area contributed by atoms with Crippen molar-refractivity contribution in [3.63, 3.8) is 0 Å². The Bertz CT molecular complexity index is 1070. The maximum Gasteiger partial charge on any atom is 0.417 e. The van der Waals surface area contributed by atoms with Gasteiger partial charge in [0.2, 0.25) is 0 Å². The van der Waals surface area contributed by atoms with E-state index in [2.05, 4.69) is 15.2 Å². The summed E-state index contributed by atoms with van der Waals surface area (Å²) in [6.07, 6.45) is 1.96. The standard InChI is InChI=1S/C20H19Cl2N3O3/c21-15-3-2-14(10-16(15)22)25-7-5-12(6-8-25)11-23-19(26)13-1-4-17-18(9-13)28-20(27)24-17/h1-4,9-10,12H,5-8,11H2,(H,23,26)(H,24,27). The summed E-state index contributed by atoms with van der Waals surface area (Å²) in [6.45, 7) is 2.42.